The molecule has 0 fully saturated rings. The fraction of sp³-hybridized carbons (Fsp3) is 0.400. The zero-order valence-electron chi connectivity index (χ0n) is 5.29. The predicted octanol–water partition coefficient (Wildman–Crippen LogP) is 0.752. The molecular weight excluding hydrogens is 193 g/mol. The van der Waals surface area contributed by atoms with E-state index in [0.29, 0.717) is 18.2 Å². The van der Waals surface area contributed by atoms with Crippen molar-refractivity contribution in [2.24, 2.45) is 0 Å². The van der Waals surface area contributed by atoms with Crippen LogP contribution in [0, 0.1) is 13.8 Å². The third kappa shape index (κ3) is 2.54. The first kappa shape index (κ1) is 9.24. The second-order valence-electron chi connectivity index (χ2n) is 1.46. The molecule has 0 amide bonds. The van der Waals surface area contributed by atoms with Gasteiger partial charge in [-0.2, -0.15) is 0 Å². The van der Waals surface area contributed by atoms with Gasteiger partial charge >= 0.3 is 0 Å². The van der Waals surface area contributed by atoms with E-state index in [0.717, 1.165) is 0 Å². The van der Waals surface area contributed by atoms with E-state index in [2.05, 4.69) is 17.1 Å². The van der Waals surface area contributed by atoms with Crippen molar-refractivity contribution in [3.8, 4) is 0 Å². The molecule has 1 aromatic rings. The maximum absolute atomic E-state index is 4.95. The molecule has 0 spiro atoms. The first-order valence-corrected chi connectivity index (χ1v) is 2.41. The first-order chi connectivity index (χ1) is 3.83. The fourth-order valence-corrected chi connectivity index (χ4v) is 0.439. The number of aryl methyl sites for hydroxylation is 1. The van der Waals surface area contributed by atoms with Gasteiger partial charge in [-0.3, -0.25) is 0 Å². The Kier molecular flexibility index (Phi) is 4.23. The van der Waals surface area contributed by atoms with Crippen LogP contribution in [0.2, 0.25) is 0 Å². The smallest absolute Gasteiger partial charge is 0.213 e. The minimum absolute atomic E-state index is 0. The molecule has 0 aliphatic rings. The molecule has 1 aromatic heterocycles. The minimum atomic E-state index is 0. The van der Waals surface area contributed by atoms with E-state index >= 15 is 0 Å². The molecule has 0 saturated heterocycles. The van der Waals surface area contributed by atoms with E-state index in [-0.39, 0.29) is 32.7 Å². The van der Waals surface area contributed by atoms with Crippen LogP contribution in [0.15, 0.2) is 4.42 Å². The summed E-state index contributed by atoms with van der Waals surface area (Å²) >= 11 is 0. The Morgan fingerprint density at radius 3 is 2.44 bits per heavy atom. The van der Waals surface area contributed by atoms with Gasteiger partial charge in [-0.05, 0) is 0 Å². The molecule has 0 bridgehead atoms. The Labute approximate surface area is 79.1 Å². The van der Waals surface area contributed by atoms with Gasteiger partial charge < -0.3 is 11.3 Å². The van der Waals surface area contributed by atoms with E-state index in [9.17, 15) is 0 Å². The first-order valence-electron chi connectivity index (χ1n) is 2.41. The Balaban J connectivity index is 0.000000640. The molecule has 0 unspecified atom stereocenters. The zero-order chi connectivity index (χ0) is 5.98. The molecule has 0 aromatic carbocycles. The molecule has 9 heavy (non-hydrogen) atoms. The SMILES string of the molecule is [CH2-]Cc1nnc(C)o1.[Y]. The zero-order valence-corrected chi connectivity index (χ0v) is 8.13. The van der Waals surface area contributed by atoms with E-state index in [1.807, 2.05) is 0 Å². The molecule has 1 rings (SSSR count). The van der Waals surface area contributed by atoms with Crippen LogP contribution in [-0.2, 0) is 39.1 Å². The molecule has 0 aliphatic carbocycles. The topological polar surface area (TPSA) is 38.9 Å². The quantitative estimate of drug-likeness (QED) is 0.628. The maximum atomic E-state index is 4.95. The van der Waals surface area contributed by atoms with Crippen LogP contribution in [0.1, 0.15) is 11.8 Å². The predicted molar refractivity (Wildman–Crippen MR) is 28.1 cm³/mol. The normalized spacial score (nSPS) is 8.67. The second kappa shape index (κ2) is 4.12. The summed E-state index contributed by atoms with van der Waals surface area (Å²) in [5.74, 6) is 1.20. The van der Waals surface area contributed by atoms with Crippen molar-refractivity contribution in [1.29, 1.82) is 0 Å². The largest absolute Gasteiger partial charge is 0.428 e. The molecule has 0 saturated carbocycles. The van der Waals surface area contributed by atoms with Gasteiger partial charge in [0.05, 0.1) is 0 Å². The summed E-state index contributed by atoms with van der Waals surface area (Å²) in [7, 11) is 0. The van der Waals surface area contributed by atoms with Crippen LogP contribution in [0.3, 0.4) is 0 Å². The standard InChI is InChI=1S/C5H7N2O.Y/c1-3-5-7-6-4(2)8-5;/h1,3H2,2H3;/q-1;. The molecule has 3 nitrogen and oxygen atoms in total. The maximum Gasteiger partial charge on any atom is 0.213 e. The van der Waals surface area contributed by atoms with Crippen LogP contribution >= 0.6 is 0 Å². The monoisotopic (exact) mass is 200 g/mol. The summed E-state index contributed by atoms with van der Waals surface area (Å²) in [6, 6.07) is 0. The molecular formula is C5H7N2OY-. The van der Waals surface area contributed by atoms with Gasteiger partial charge in [0.1, 0.15) is 0 Å². The van der Waals surface area contributed by atoms with Gasteiger partial charge in [-0.25, -0.2) is 0 Å². The Bertz CT molecular complexity index is 175. The molecule has 0 atom stereocenters. The van der Waals surface area contributed by atoms with Crippen LogP contribution in [-0.4, -0.2) is 10.2 Å². The van der Waals surface area contributed by atoms with Gasteiger partial charge in [0.25, 0.3) is 0 Å². The number of aromatic nitrogens is 2. The van der Waals surface area contributed by atoms with Gasteiger partial charge in [-0.15, -0.1) is 16.6 Å². The van der Waals surface area contributed by atoms with Gasteiger partial charge in [0.15, 0.2) is 5.89 Å². The van der Waals surface area contributed by atoms with Crippen LogP contribution in [0.4, 0.5) is 0 Å². The molecule has 1 radical (unpaired) electrons. The van der Waals surface area contributed by atoms with Crippen molar-refractivity contribution in [3.05, 3.63) is 18.7 Å². The Morgan fingerprint density at radius 2 is 2.22 bits per heavy atom. The minimum Gasteiger partial charge on any atom is -0.428 e. The van der Waals surface area contributed by atoms with Crippen LogP contribution < -0.4 is 0 Å². The number of hydrogen-bond donors (Lipinski definition) is 0. The van der Waals surface area contributed by atoms with Gasteiger partial charge in [-0.1, -0.05) is 0 Å². The third-order valence-electron chi connectivity index (χ3n) is 0.782. The van der Waals surface area contributed by atoms with Crippen molar-refractivity contribution < 1.29 is 37.1 Å². The van der Waals surface area contributed by atoms with Crippen molar-refractivity contribution in [1.82, 2.24) is 10.2 Å². The van der Waals surface area contributed by atoms with E-state index in [4.69, 9.17) is 4.42 Å². The van der Waals surface area contributed by atoms with Crippen LogP contribution in [0.25, 0.3) is 0 Å². The molecule has 4 heteroatoms. The van der Waals surface area contributed by atoms with Gasteiger partial charge in [0, 0.05) is 39.6 Å². The van der Waals surface area contributed by atoms with Gasteiger partial charge in [0.2, 0.25) is 5.89 Å². The molecule has 0 N–H and O–H groups in total. The number of hydrogen-bond acceptors (Lipinski definition) is 3. The van der Waals surface area contributed by atoms with Crippen molar-refractivity contribution in [2.75, 3.05) is 0 Å². The van der Waals surface area contributed by atoms with Crippen LogP contribution in [0.5, 0.6) is 0 Å². The summed E-state index contributed by atoms with van der Waals surface area (Å²) in [5.41, 5.74) is 0. The fourth-order valence-electron chi connectivity index (χ4n) is 0.439. The average Bonchev–Trinajstić information content (AvgIpc) is 2.14. The summed E-state index contributed by atoms with van der Waals surface area (Å²) in [5, 5.41) is 7.29. The summed E-state index contributed by atoms with van der Waals surface area (Å²) in [6.45, 7) is 5.33. The summed E-state index contributed by atoms with van der Waals surface area (Å²) < 4.78 is 4.95. The Morgan fingerprint density at radius 1 is 1.56 bits per heavy atom. The molecule has 47 valence electrons. The van der Waals surface area contributed by atoms with Crippen molar-refractivity contribution in [3.63, 3.8) is 0 Å². The number of rotatable bonds is 1. The van der Waals surface area contributed by atoms with E-state index in [1.165, 1.54) is 0 Å². The summed E-state index contributed by atoms with van der Waals surface area (Å²) in [4.78, 5) is 0. The second-order valence-corrected chi connectivity index (χ2v) is 1.46. The Hall–Kier alpha value is 0.244. The molecule has 1 heterocycles. The average molecular weight is 200 g/mol. The third-order valence-corrected chi connectivity index (χ3v) is 0.782. The van der Waals surface area contributed by atoms with E-state index < -0.39 is 0 Å². The summed E-state index contributed by atoms with van der Waals surface area (Å²) in [6.07, 6.45) is 0.570. The van der Waals surface area contributed by atoms with E-state index in [1.54, 1.807) is 6.92 Å². The molecule has 0 aliphatic heterocycles. The number of nitrogens with zero attached hydrogens (tertiary/aromatic N) is 2. The van der Waals surface area contributed by atoms with Crippen molar-refractivity contribution in [2.45, 2.75) is 13.3 Å². The van der Waals surface area contributed by atoms with Crippen molar-refractivity contribution >= 4 is 0 Å².